The number of rotatable bonds is 3. The molecule has 2 aromatic heterocycles. The minimum absolute atomic E-state index is 0.809. The number of nitrogens with zero attached hydrogens (tertiary/aromatic N) is 2. The maximum Gasteiger partial charge on any atom is 0.143 e. The first-order valence-corrected chi connectivity index (χ1v) is 8.26. The Hall–Kier alpha value is -2.14. The van der Waals surface area contributed by atoms with Gasteiger partial charge in [0.25, 0.3) is 0 Å². The summed E-state index contributed by atoms with van der Waals surface area (Å²) in [5.74, 6) is 2.58. The number of benzene rings is 1. The van der Waals surface area contributed by atoms with Crippen LogP contribution in [-0.4, -0.2) is 17.1 Å². The lowest BCUT2D eigenvalue weighted by Crippen LogP contribution is -1.99. The summed E-state index contributed by atoms with van der Waals surface area (Å²) in [6.07, 6.45) is 3.56. The van der Waals surface area contributed by atoms with Gasteiger partial charge in [-0.3, -0.25) is 0 Å². The molecule has 0 fully saturated rings. The molecule has 0 atom stereocenters. The Morgan fingerprint density at radius 1 is 1.14 bits per heavy atom. The summed E-state index contributed by atoms with van der Waals surface area (Å²) in [7, 11) is 1.68. The third kappa shape index (κ3) is 2.22. The molecule has 5 heteroatoms. The number of fused-ring (bicyclic) bond motifs is 3. The third-order valence-corrected chi connectivity index (χ3v) is 5.21. The predicted molar refractivity (Wildman–Crippen MR) is 90.5 cm³/mol. The maximum absolute atomic E-state index is 5.21. The zero-order valence-corrected chi connectivity index (χ0v) is 13.5. The number of methoxy groups -OCH3 is 1. The molecule has 1 N–H and O–H groups in total. The molecule has 0 aliphatic heterocycles. The van der Waals surface area contributed by atoms with E-state index in [1.807, 2.05) is 42.5 Å². The van der Waals surface area contributed by atoms with E-state index in [1.165, 1.54) is 28.7 Å². The molecule has 0 radical (unpaired) electrons. The van der Waals surface area contributed by atoms with Crippen molar-refractivity contribution in [2.45, 2.75) is 26.2 Å². The van der Waals surface area contributed by atoms with E-state index in [-0.39, 0.29) is 0 Å². The van der Waals surface area contributed by atoms with Crippen LogP contribution in [0.2, 0.25) is 0 Å². The van der Waals surface area contributed by atoms with Gasteiger partial charge in [-0.2, -0.15) is 0 Å². The molecule has 2 heterocycles. The van der Waals surface area contributed by atoms with Crippen LogP contribution in [0.4, 0.5) is 11.5 Å². The Labute approximate surface area is 133 Å². The lowest BCUT2D eigenvalue weighted by molar-refractivity contribution is 0.415. The monoisotopic (exact) mass is 311 g/mol. The van der Waals surface area contributed by atoms with Gasteiger partial charge in [-0.25, -0.2) is 9.97 Å². The fourth-order valence-corrected chi connectivity index (χ4v) is 4.31. The summed E-state index contributed by atoms with van der Waals surface area (Å²) in [6, 6.07) is 7.92. The molecule has 0 unspecified atom stereocenters. The van der Waals surface area contributed by atoms with Crippen LogP contribution >= 0.6 is 11.3 Å². The van der Waals surface area contributed by atoms with Gasteiger partial charge in [0.1, 0.15) is 22.2 Å². The van der Waals surface area contributed by atoms with Crippen LogP contribution in [0.25, 0.3) is 10.2 Å². The lowest BCUT2D eigenvalue weighted by Gasteiger charge is -2.09. The molecule has 1 aliphatic carbocycles. The van der Waals surface area contributed by atoms with Crippen LogP contribution < -0.4 is 10.1 Å². The van der Waals surface area contributed by atoms with Crippen LogP contribution in [0.5, 0.6) is 5.75 Å². The van der Waals surface area contributed by atoms with E-state index in [2.05, 4.69) is 15.3 Å². The molecular formula is C17H17N3OS. The Morgan fingerprint density at radius 2 is 1.95 bits per heavy atom. The van der Waals surface area contributed by atoms with Crippen molar-refractivity contribution < 1.29 is 4.74 Å². The second-order valence-electron chi connectivity index (χ2n) is 5.51. The second kappa shape index (κ2) is 5.25. The van der Waals surface area contributed by atoms with E-state index in [0.717, 1.165) is 34.3 Å². The van der Waals surface area contributed by atoms with Crippen LogP contribution in [0.3, 0.4) is 0 Å². The summed E-state index contributed by atoms with van der Waals surface area (Å²) in [5, 5.41) is 4.66. The molecule has 22 heavy (non-hydrogen) atoms. The Balaban J connectivity index is 1.79. The SMILES string of the molecule is COc1ccc(Nc2nc(C)nc3sc4c(c23)CCC4)cc1. The van der Waals surface area contributed by atoms with Crippen molar-refractivity contribution in [3.05, 3.63) is 40.5 Å². The van der Waals surface area contributed by atoms with E-state index in [9.17, 15) is 0 Å². The molecule has 3 aromatic rings. The first kappa shape index (κ1) is 13.5. The molecule has 4 nitrogen and oxygen atoms in total. The van der Waals surface area contributed by atoms with Crippen molar-refractivity contribution in [2.75, 3.05) is 12.4 Å². The van der Waals surface area contributed by atoms with Crippen LogP contribution in [0, 0.1) is 6.92 Å². The number of nitrogens with one attached hydrogen (secondary N) is 1. The van der Waals surface area contributed by atoms with Crippen molar-refractivity contribution in [2.24, 2.45) is 0 Å². The second-order valence-corrected chi connectivity index (χ2v) is 6.59. The van der Waals surface area contributed by atoms with E-state index in [0.29, 0.717) is 0 Å². The quantitative estimate of drug-likeness (QED) is 0.786. The highest BCUT2D eigenvalue weighted by atomic mass is 32.1. The summed E-state index contributed by atoms with van der Waals surface area (Å²) in [5.41, 5.74) is 2.45. The predicted octanol–water partition coefficient (Wildman–Crippen LogP) is 4.24. The van der Waals surface area contributed by atoms with Gasteiger partial charge in [0.2, 0.25) is 0 Å². The number of anilines is 2. The first-order valence-electron chi connectivity index (χ1n) is 7.44. The van der Waals surface area contributed by atoms with Gasteiger partial charge < -0.3 is 10.1 Å². The molecule has 0 spiro atoms. The van der Waals surface area contributed by atoms with Crippen LogP contribution in [-0.2, 0) is 12.8 Å². The standard InChI is InChI=1S/C17H17N3OS/c1-10-18-16(20-11-6-8-12(21-2)9-7-11)15-13-4-3-5-14(13)22-17(15)19-10/h6-9H,3-5H2,1-2H3,(H,18,19,20). The maximum atomic E-state index is 5.21. The molecule has 0 bridgehead atoms. The third-order valence-electron chi connectivity index (χ3n) is 4.03. The van der Waals surface area contributed by atoms with Crippen molar-refractivity contribution in [1.29, 1.82) is 0 Å². The number of hydrogen-bond acceptors (Lipinski definition) is 5. The molecule has 0 saturated heterocycles. The zero-order valence-electron chi connectivity index (χ0n) is 12.6. The summed E-state index contributed by atoms with van der Waals surface area (Å²) in [4.78, 5) is 11.8. The number of thiophene rings is 1. The number of aromatic nitrogens is 2. The molecule has 112 valence electrons. The van der Waals surface area contributed by atoms with Crippen LogP contribution in [0.1, 0.15) is 22.7 Å². The van der Waals surface area contributed by atoms with Gasteiger partial charge in [-0.15, -0.1) is 11.3 Å². The highest BCUT2D eigenvalue weighted by Crippen LogP contribution is 2.40. The van der Waals surface area contributed by atoms with E-state index >= 15 is 0 Å². The summed E-state index contributed by atoms with van der Waals surface area (Å²) < 4.78 is 5.21. The molecule has 0 amide bonds. The average Bonchev–Trinajstić information content (AvgIpc) is 3.08. The summed E-state index contributed by atoms with van der Waals surface area (Å²) >= 11 is 1.82. The fourth-order valence-electron chi connectivity index (χ4n) is 3.00. The minimum Gasteiger partial charge on any atom is -0.497 e. The zero-order chi connectivity index (χ0) is 15.1. The molecular weight excluding hydrogens is 294 g/mol. The molecule has 4 rings (SSSR count). The van der Waals surface area contributed by atoms with Crippen molar-refractivity contribution >= 4 is 33.1 Å². The Bertz CT molecular complexity index is 839. The van der Waals surface area contributed by atoms with Gasteiger partial charge in [0, 0.05) is 10.6 Å². The molecule has 1 aromatic carbocycles. The van der Waals surface area contributed by atoms with E-state index < -0.39 is 0 Å². The van der Waals surface area contributed by atoms with Gasteiger partial charge in [0.05, 0.1) is 12.5 Å². The van der Waals surface area contributed by atoms with E-state index in [1.54, 1.807) is 7.11 Å². The highest BCUT2D eigenvalue weighted by molar-refractivity contribution is 7.19. The smallest absolute Gasteiger partial charge is 0.143 e. The topological polar surface area (TPSA) is 47.0 Å². The first-order chi connectivity index (χ1) is 10.7. The molecule has 0 saturated carbocycles. The minimum atomic E-state index is 0.809. The summed E-state index contributed by atoms with van der Waals surface area (Å²) in [6.45, 7) is 1.95. The average molecular weight is 311 g/mol. The lowest BCUT2D eigenvalue weighted by atomic mass is 10.2. The number of hydrogen-bond donors (Lipinski definition) is 1. The number of ether oxygens (including phenoxy) is 1. The van der Waals surface area contributed by atoms with Crippen molar-refractivity contribution in [3.8, 4) is 5.75 Å². The largest absolute Gasteiger partial charge is 0.497 e. The normalized spacial score (nSPS) is 13.4. The highest BCUT2D eigenvalue weighted by Gasteiger charge is 2.21. The van der Waals surface area contributed by atoms with E-state index in [4.69, 9.17) is 4.74 Å². The fraction of sp³-hybridized carbons (Fsp3) is 0.294. The van der Waals surface area contributed by atoms with Gasteiger partial charge >= 0.3 is 0 Å². The van der Waals surface area contributed by atoms with Crippen molar-refractivity contribution in [1.82, 2.24) is 9.97 Å². The number of aryl methyl sites for hydroxylation is 3. The van der Waals surface area contributed by atoms with Crippen LogP contribution in [0.15, 0.2) is 24.3 Å². The Kier molecular flexibility index (Phi) is 3.22. The van der Waals surface area contributed by atoms with Gasteiger partial charge in [-0.05, 0) is 56.0 Å². The molecule has 1 aliphatic rings. The Morgan fingerprint density at radius 3 is 2.73 bits per heavy atom. The van der Waals surface area contributed by atoms with Gasteiger partial charge in [0.15, 0.2) is 0 Å². The van der Waals surface area contributed by atoms with Crippen molar-refractivity contribution in [3.63, 3.8) is 0 Å². The van der Waals surface area contributed by atoms with Gasteiger partial charge in [-0.1, -0.05) is 0 Å².